The van der Waals surface area contributed by atoms with Gasteiger partial charge in [-0.25, -0.2) is 0 Å². The van der Waals surface area contributed by atoms with Gasteiger partial charge in [-0.05, 0) is 83.5 Å². The van der Waals surface area contributed by atoms with Gasteiger partial charge in [-0.15, -0.1) is 0 Å². The number of esters is 3. The molecule has 0 rings (SSSR count). The van der Waals surface area contributed by atoms with Gasteiger partial charge in [0.1, 0.15) is 13.2 Å². The number of carbonyl (C=O) groups excluding carboxylic acids is 3. The molecular weight excluding hydrogens is 913 g/mol. The van der Waals surface area contributed by atoms with E-state index in [2.05, 4.69) is 69.4 Å². The molecule has 0 aliphatic carbocycles. The average molecular weight is 1040 g/mol. The molecule has 74 heavy (non-hydrogen) atoms. The highest BCUT2D eigenvalue weighted by Crippen LogP contribution is 2.17. The Kier molecular flexibility index (Phi) is 60.7. The summed E-state index contributed by atoms with van der Waals surface area (Å²) in [5.74, 6) is -0.873. The summed E-state index contributed by atoms with van der Waals surface area (Å²) in [7, 11) is 0. The second-order valence-corrected chi connectivity index (χ2v) is 22.0. The van der Waals surface area contributed by atoms with Crippen LogP contribution in [0, 0.1) is 0 Å². The van der Waals surface area contributed by atoms with Crippen LogP contribution in [0.4, 0.5) is 0 Å². The van der Waals surface area contributed by atoms with Gasteiger partial charge in [0.2, 0.25) is 0 Å². The predicted molar refractivity (Wildman–Crippen MR) is 321 cm³/mol. The lowest BCUT2D eigenvalue weighted by molar-refractivity contribution is -0.167. The largest absolute Gasteiger partial charge is 0.462 e. The fraction of sp³-hybridized carbons (Fsp3) is 0.838. The van der Waals surface area contributed by atoms with Crippen LogP contribution in [0.2, 0.25) is 0 Å². The lowest BCUT2D eigenvalue weighted by atomic mass is 10.0. The summed E-state index contributed by atoms with van der Waals surface area (Å²) in [6, 6.07) is 0. The van der Waals surface area contributed by atoms with E-state index in [0.717, 1.165) is 77.0 Å². The molecule has 1 atom stereocenters. The van der Waals surface area contributed by atoms with Gasteiger partial charge in [0.25, 0.3) is 0 Å². The van der Waals surface area contributed by atoms with Gasteiger partial charge in [-0.1, -0.05) is 294 Å². The van der Waals surface area contributed by atoms with Crippen LogP contribution in [0.3, 0.4) is 0 Å². The molecule has 0 fully saturated rings. The van der Waals surface area contributed by atoms with Crippen LogP contribution < -0.4 is 0 Å². The second kappa shape index (κ2) is 62.9. The third-order valence-corrected chi connectivity index (χ3v) is 14.6. The first-order chi connectivity index (χ1) is 36.5. The quantitative estimate of drug-likeness (QED) is 0.0261. The highest BCUT2D eigenvalue weighted by molar-refractivity contribution is 5.71. The Hall–Kier alpha value is -2.63. The van der Waals surface area contributed by atoms with Gasteiger partial charge in [0.15, 0.2) is 6.10 Å². The Labute approximate surface area is 460 Å². The number of allylic oxidation sites excluding steroid dienone is 8. The van der Waals surface area contributed by atoms with Crippen LogP contribution in [0.15, 0.2) is 48.6 Å². The lowest BCUT2D eigenvalue weighted by Crippen LogP contribution is -2.30. The zero-order valence-electron chi connectivity index (χ0n) is 49.6. The zero-order valence-corrected chi connectivity index (χ0v) is 49.6. The van der Waals surface area contributed by atoms with Crippen LogP contribution in [0.25, 0.3) is 0 Å². The maximum Gasteiger partial charge on any atom is 0.306 e. The Balaban J connectivity index is 4.06. The number of ether oxygens (including phenoxy) is 3. The summed E-state index contributed by atoms with van der Waals surface area (Å²) in [6.07, 6.45) is 78.8. The molecule has 0 saturated heterocycles. The molecule has 0 radical (unpaired) electrons. The zero-order chi connectivity index (χ0) is 53.6. The van der Waals surface area contributed by atoms with E-state index in [0.29, 0.717) is 19.3 Å². The third-order valence-electron chi connectivity index (χ3n) is 14.6. The Morgan fingerprint density at radius 3 is 0.770 bits per heavy atom. The molecule has 1 unspecified atom stereocenters. The van der Waals surface area contributed by atoms with Crippen LogP contribution in [0.5, 0.6) is 0 Å². The molecule has 0 aromatic carbocycles. The van der Waals surface area contributed by atoms with E-state index in [1.165, 1.54) is 231 Å². The highest BCUT2D eigenvalue weighted by Gasteiger charge is 2.19. The van der Waals surface area contributed by atoms with E-state index in [9.17, 15) is 14.4 Å². The fourth-order valence-electron chi connectivity index (χ4n) is 9.62. The number of carbonyl (C=O) groups is 3. The smallest absolute Gasteiger partial charge is 0.306 e. The highest BCUT2D eigenvalue weighted by atomic mass is 16.6. The second-order valence-electron chi connectivity index (χ2n) is 22.0. The van der Waals surface area contributed by atoms with Crippen molar-refractivity contribution >= 4 is 17.9 Å². The van der Waals surface area contributed by atoms with Crippen molar-refractivity contribution in [2.75, 3.05) is 13.2 Å². The summed E-state index contributed by atoms with van der Waals surface area (Å²) < 4.78 is 16.8. The first-order valence-corrected chi connectivity index (χ1v) is 32.6. The molecule has 432 valence electrons. The molecule has 0 aliphatic rings. The normalized spacial score (nSPS) is 12.3. The van der Waals surface area contributed by atoms with Gasteiger partial charge >= 0.3 is 17.9 Å². The van der Waals surface area contributed by atoms with Gasteiger partial charge in [0, 0.05) is 19.3 Å². The molecule has 0 aromatic heterocycles. The summed E-state index contributed by atoms with van der Waals surface area (Å²) in [4.78, 5) is 38.0. The standard InChI is InChI=1S/C68H124O6/c1-4-7-10-13-16-18-20-22-24-26-28-30-32-33-34-35-37-38-40-42-44-46-48-50-52-55-58-61-67(70)73-64-65(63-72-66(69)60-57-54-15-12-9-6-3)74-68(71)62-59-56-53-51-49-47-45-43-41-39-36-31-29-27-25-23-21-19-17-14-11-8-5-2/h21,23,26-29,36,39,65H,4-20,22,24-25,30-35,37-38,40-64H2,1-3H3/b23-21-,28-26-,29-27-,39-36-. The van der Waals surface area contributed by atoms with Crippen LogP contribution >= 0.6 is 0 Å². The molecule has 0 heterocycles. The first kappa shape index (κ1) is 71.4. The molecule has 0 saturated carbocycles. The monoisotopic (exact) mass is 1040 g/mol. The first-order valence-electron chi connectivity index (χ1n) is 32.6. The van der Waals surface area contributed by atoms with E-state index in [-0.39, 0.29) is 31.1 Å². The van der Waals surface area contributed by atoms with Crippen molar-refractivity contribution in [3.8, 4) is 0 Å². The van der Waals surface area contributed by atoms with Crippen molar-refractivity contribution in [2.24, 2.45) is 0 Å². The molecule has 0 spiro atoms. The number of hydrogen-bond acceptors (Lipinski definition) is 6. The van der Waals surface area contributed by atoms with Crippen LogP contribution in [0.1, 0.15) is 348 Å². The maximum absolute atomic E-state index is 12.8. The van der Waals surface area contributed by atoms with Gasteiger partial charge in [-0.2, -0.15) is 0 Å². The van der Waals surface area contributed by atoms with E-state index in [1.54, 1.807) is 0 Å². The van der Waals surface area contributed by atoms with E-state index >= 15 is 0 Å². The van der Waals surface area contributed by atoms with Gasteiger partial charge in [-0.3, -0.25) is 14.4 Å². The number of hydrogen-bond donors (Lipinski definition) is 0. The van der Waals surface area contributed by atoms with E-state index in [1.807, 2.05) is 0 Å². The number of unbranched alkanes of at least 4 members (excludes halogenated alkanes) is 41. The minimum atomic E-state index is -0.773. The van der Waals surface area contributed by atoms with Crippen molar-refractivity contribution in [3.63, 3.8) is 0 Å². The summed E-state index contributed by atoms with van der Waals surface area (Å²) in [6.45, 7) is 6.61. The summed E-state index contributed by atoms with van der Waals surface area (Å²) >= 11 is 0. The lowest BCUT2D eigenvalue weighted by Gasteiger charge is -2.18. The Bertz CT molecular complexity index is 1280. The van der Waals surface area contributed by atoms with Crippen molar-refractivity contribution in [2.45, 2.75) is 354 Å². The Morgan fingerprint density at radius 2 is 0.486 bits per heavy atom. The van der Waals surface area contributed by atoms with Crippen LogP contribution in [-0.4, -0.2) is 37.2 Å². The molecule has 0 aliphatic heterocycles. The topological polar surface area (TPSA) is 78.9 Å². The molecule has 0 aromatic rings. The molecular formula is C68H124O6. The SMILES string of the molecule is CCCCCCC/C=C\C/C=C\C/C=C\CCCCCCCCCCC(=O)OC(COC(=O)CCCCCCCC)COC(=O)CCCCCCCCCCCCCCCCC/C=C\CCCCCCCCCC. The molecule has 0 N–H and O–H groups in total. The predicted octanol–water partition coefficient (Wildman–Crippen LogP) is 22.2. The maximum atomic E-state index is 12.8. The van der Waals surface area contributed by atoms with Crippen molar-refractivity contribution < 1.29 is 28.6 Å². The van der Waals surface area contributed by atoms with E-state index in [4.69, 9.17) is 14.2 Å². The third kappa shape index (κ3) is 60.2. The molecule has 0 amide bonds. The number of rotatable bonds is 60. The average Bonchev–Trinajstić information content (AvgIpc) is 3.40. The van der Waals surface area contributed by atoms with Gasteiger partial charge < -0.3 is 14.2 Å². The summed E-state index contributed by atoms with van der Waals surface area (Å²) in [5.41, 5.74) is 0. The minimum Gasteiger partial charge on any atom is -0.462 e. The van der Waals surface area contributed by atoms with Crippen molar-refractivity contribution in [1.82, 2.24) is 0 Å². The molecule has 6 nitrogen and oxygen atoms in total. The fourth-order valence-corrected chi connectivity index (χ4v) is 9.62. The minimum absolute atomic E-state index is 0.0732. The Morgan fingerprint density at radius 1 is 0.270 bits per heavy atom. The van der Waals surface area contributed by atoms with Crippen molar-refractivity contribution in [1.29, 1.82) is 0 Å². The van der Waals surface area contributed by atoms with E-state index < -0.39 is 6.10 Å². The summed E-state index contributed by atoms with van der Waals surface area (Å²) in [5, 5.41) is 0. The van der Waals surface area contributed by atoms with Crippen LogP contribution in [-0.2, 0) is 28.6 Å². The van der Waals surface area contributed by atoms with Crippen molar-refractivity contribution in [3.05, 3.63) is 48.6 Å². The molecule has 0 bridgehead atoms. The molecule has 6 heteroatoms. The van der Waals surface area contributed by atoms with Gasteiger partial charge in [0.05, 0.1) is 0 Å².